The van der Waals surface area contributed by atoms with Crippen LogP contribution in [0.15, 0.2) is 10.8 Å². The van der Waals surface area contributed by atoms with Crippen molar-refractivity contribution < 1.29 is 9.21 Å². The second-order valence-corrected chi connectivity index (χ2v) is 2.88. The molecule has 0 unspecified atom stereocenters. The Hall–Kier alpha value is -1.36. The summed E-state index contributed by atoms with van der Waals surface area (Å²) in [5.74, 6) is -0.0201. The zero-order valence-corrected chi connectivity index (χ0v) is 7.70. The van der Waals surface area contributed by atoms with Gasteiger partial charge in [-0.25, -0.2) is 4.98 Å². The Morgan fingerprint density at radius 2 is 2.54 bits per heavy atom. The number of amides is 1. The summed E-state index contributed by atoms with van der Waals surface area (Å²) in [4.78, 5) is 15.2. The fourth-order valence-corrected chi connectivity index (χ4v) is 0.868. The van der Waals surface area contributed by atoms with Crippen LogP contribution in [0.5, 0.6) is 0 Å². The van der Waals surface area contributed by atoms with E-state index in [1.165, 1.54) is 6.39 Å². The van der Waals surface area contributed by atoms with Crippen molar-refractivity contribution in [1.29, 1.82) is 0 Å². The number of hydrogen-bond donors (Lipinski definition) is 2. The lowest BCUT2D eigenvalue weighted by Gasteiger charge is -2.09. The molecular formula is C8H13N3O2. The zero-order chi connectivity index (χ0) is 9.84. The van der Waals surface area contributed by atoms with Gasteiger partial charge in [0.2, 0.25) is 5.76 Å². The molecule has 1 rings (SSSR count). The summed E-state index contributed by atoms with van der Waals surface area (Å²) in [6.45, 7) is 3.94. The van der Waals surface area contributed by atoms with E-state index in [0.29, 0.717) is 12.2 Å². The summed E-state index contributed by atoms with van der Waals surface area (Å²) in [5.41, 5.74) is 5.94. The Bertz CT molecular complexity index is 295. The number of rotatable bonds is 3. The van der Waals surface area contributed by atoms with Crippen LogP contribution in [0.1, 0.15) is 23.2 Å². The molecule has 13 heavy (non-hydrogen) atoms. The van der Waals surface area contributed by atoms with Gasteiger partial charge in [-0.15, -0.1) is 0 Å². The molecule has 5 heteroatoms. The number of nitrogens with one attached hydrogen (secondary N) is 1. The van der Waals surface area contributed by atoms with E-state index in [1.54, 1.807) is 6.92 Å². The van der Waals surface area contributed by atoms with Gasteiger partial charge in [0.15, 0.2) is 6.39 Å². The molecule has 0 bridgehead atoms. The first-order valence-corrected chi connectivity index (χ1v) is 4.06. The Kier molecular flexibility index (Phi) is 3.02. The van der Waals surface area contributed by atoms with Crippen LogP contribution in [0, 0.1) is 6.92 Å². The first-order chi connectivity index (χ1) is 6.15. The van der Waals surface area contributed by atoms with E-state index in [-0.39, 0.29) is 17.7 Å². The molecule has 1 atom stereocenters. The maximum absolute atomic E-state index is 11.4. The normalized spacial score (nSPS) is 12.5. The molecule has 0 aliphatic heterocycles. The molecule has 0 saturated heterocycles. The average molecular weight is 183 g/mol. The second kappa shape index (κ2) is 4.04. The van der Waals surface area contributed by atoms with E-state index in [4.69, 9.17) is 10.2 Å². The van der Waals surface area contributed by atoms with Gasteiger partial charge < -0.3 is 15.5 Å². The Morgan fingerprint density at radius 3 is 3.00 bits per heavy atom. The van der Waals surface area contributed by atoms with Crippen LogP contribution in [-0.2, 0) is 0 Å². The minimum atomic E-state index is -0.270. The summed E-state index contributed by atoms with van der Waals surface area (Å²) in [5, 5.41) is 2.68. The topological polar surface area (TPSA) is 81.2 Å². The number of hydrogen-bond acceptors (Lipinski definition) is 4. The van der Waals surface area contributed by atoms with Crippen LogP contribution in [0.25, 0.3) is 0 Å². The number of oxazole rings is 1. The van der Waals surface area contributed by atoms with Gasteiger partial charge in [-0.1, -0.05) is 0 Å². The SMILES string of the molecule is Cc1ncoc1C(=O)N[C@@H](C)CN. The minimum absolute atomic E-state index is 0.0583. The lowest BCUT2D eigenvalue weighted by molar-refractivity contribution is 0.0912. The molecule has 1 heterocycles. The van der Waals surface area contributed by atoms with E-state index in [1.807, 2.05) is 6.92 Å². The predicted octanol–water partition coefficient (Wildman–Crippen LogP) is 0.0600. The fraction of sp³-hybridized carbons (Fsp3) is 0.500. The molecule has 0 saturated carbocycles. The van der Waals surface area contributed by atoms with E-state index < -0.39 is 0 Å². The Balaban J connectivity index is 2.64. The Morgan fingerprint density at radius 1 is 1.85 bits per heavy atom. The molecule has 3 N–H and O–H groups in total. The van der Waals surface area contributed by atoms with Crippen LogP contribution >= 0.6 is 0 Å². The van der Waals surface area contributed by atoms with Gasteiger partial charge in [-0.3, -0.25) is 4.79 Å². The molecule has 1 aromatic heterocycles. The summed E-state index contributed by atoms with van der Waals surface area (Å²) >= 11 is 0. The van der Waals surface area contributed by atoms with Crippen molar-refractivity contribution in [3.8, 4) is 0 Å². The standard InChI is InChI=1S/C8H13N3O2/c1-5(3-9)11-8(12)7-6(2)10-4-13-7/h4-5H,3,9H2,1-2H3,(H,11,12)/t5-/m0/s1. The highest BCUT2D eigenvalue weighted by molar-refractivity contribution is 5.92. The molecule has 0 aliphatic rings. The van der Waals surface area contributed by atoms with Crippen LogP contribution in [0.4, 0.5) is 0 Å². The van der Waals surface area contributed by atoms with E-state index in [9.17, 15) is 4.79 Å². The van der Waals surface area contributed by atoms with Crippen molar-refractivity contribution in [3.63, 3.8) is 0 Å². The van der Waals surface area contributed by atoms with Gasteiger partial charge in [-0.05, 0) is 13.8 Å². The third-order valence-electron chi connectivity index (χ3n) is 1.68. The van der Waals surface area contributed by atoms with Crippen LogP contribution in [0.3, 0.4) is 0 Å². The third-order valence-corrected chi connectivity index (χ3v) is 1.68. The van der Waals surface area contributed by atoms with Gasteiger partial charge in [0, 0.05) is 12.6 Å². The smallest absolute Gasteiger partial charge is 0.289 e. The molecular weight excluding hydrogens is 170 g/mol. The van der Waals surface area contributed by atoms with Crippen molar-refractivity contribution in [2.45, 2.75) is 19.9 Å². The highest BCUT2D eigenvalue weighted by atomic mass is 16.3. The predicted molar refractivity (Wildman–Crippen MR) is 47.2 cm³/mol. The Labute approximate surface area is 76.3 Å². The van der Waals surface area contributed by atoms with Gasteiger partial charge >= 0.3 is 0 Å². The first-order valence-electron chi connectivity index (χ1n) is 4.06. The van der Waals surface area contributed by atoms with Gasteiger partial charge in [0.1, 0.15) is 0 Å². The largest absolute Gasteiger partial charge is 0.438 e. The minimum Gasteiger partial charge on any atom is -0.438 e. The average Bonchev–Trinajstić information content (AvgIpc) is 2.51. The van der Waals surface area contributed by atoms with E-state index in [2.05, 4.69) is 10.3 Å². The van der Waals surface area contributed by atoms with Crippen molar-refractivity contribution in [2.75, 3.05) is 6.54 Å². The van der Waals surface area contributed by atoms with Crippen molar-refractivity contribution in [2.24, 2.45) is 5.73 Å². The first kappa shape index (κ1) is 9.73. The molecule has 0 aliphatic carbocycles. The summed E-state index contributed by atoms with van der Waals surface area (Å²) in [6.07, 6.45) is 1.25. The van der Waals surface area contributed by atoms with Crippen LogP contribution in [-0.4, -0.2) is 23.5 Å². The van der Waals surface area contributed by atoms with E-state index in [0.717, 1.165) is 0 Å². The summed E-state index contributed by atoms with van der Waals surface area (Å²) in [7, 11) is 0. The molecule has 0 aromatic carbocycles. The fourth-order valence-electron chi connectivity index (χ4n) is 0.868. The molecule has 1 aromatic rings. The monoisotopic (exact) mass is 183 g/mol. The highest BCUT2D eigenvalue weighted by Gasteiger charge is 2.14. The highest BCUT2D eigenvalue weighted by Crippen LogP contribution is 2.04. The molecule has 0 spiro atoms. The number of nitrogens with zero attached hydrogens (tertiary/aromatic N) is 1. The number of carbonyl (C=O) groups is 1. The molecule has 0 fully saturated rings. The van der Waals surface area contributed by atoms with E-state index >= 15 is 0 Å². The number of nitrogens with two attached hydrogens (primary N) is 1. The van der Waals surface area contributed by atoms with Crippen molar-refractivity contribution in [3.05, 3.63) is 17.8 Å². The van der Waals surface area contributed by atoms with Crippen molar-refractivity contribution in [1.82, 2.24) is 10.3 Å². The second-order valence-electron chi connectivity index (χ2n) is 2.88. The number of aromatic nitrogens is 1. The summed E-state index contributed by atoms with van der Waals surface area (Å²) < 4.78 is 4.91. The summed E-state index contributed by atoms with van der Waals surface area (Å²) in [6, 6.07) is -0.0583. The molecule has 1 amide bonds. The molecule has 0 radical (unpaired) electrons. The lowest BCUT2D eigenvalue weighted by Crippen LogP contribution is -2.37. The lowest BCUT2D eigenvalue weighted by atomic mass is 10.3. The van der Waals surface area contributed by atoms with Gasteiger partial charge in [0.25, 0.3) is 5.91 Å². The zero-order valence-electron chi connectivity index (χ0n) is 7.70. The van der Waals surface area contributed by atoms with Gasteiger partial charge in [-0.2, -0.15) is 0 Å². The third kappa shape index (κ3) is 2.29. The quantitative estimate of drug-likeness (QED) is 0.694. The number of carbonyl (C=O) groups excluding carboxylic acids is 1. The van der Waals surface area contributed by atoms with Gasteiger partial charge in [0.05, 0.1) is 5.69 Å². The van der Waals surface area contributed by atoms with Crippen molar-refractivity contribution >= 4 is 5.91 Å². The van der Waals surface area contributed by atoms with Crippen LogP contribution in [0.2, 0.25) is 0 Å². The maximum atomic E-state index is 11.4. The molecule has 5 nitrogen and oxygen atoms in total. The molecule has 72 valence electrons. The maximum Gasteiger partial charge on any atom is 0.289 e. The number of aryl methyl sites for hydroxylation is 1. The van der Waals surface area contributed by atoms with Crippen LogP contribution < -0.4 is 11.1 Å².